The number of nitrogens with zero attached hydrogens (tertiary/aromatic N) is 1. The molecule has 8 heteroatoms. The number of benzene rings is 3. The predicted octanol–water partition coefficient (Wildman–Crippen LogP) is 4.94. The van der Waals surface area contributed by atoms with E-state index in [0.717, 1.165) is 6.07 Å². The van der Waals surface area contributed by atoms with Crippen molar-refractivity contribution in [1.29, 1.82) is 5.26 Å². The molecule has 0 atom stereocenters. The molecule has 0 radical (unpaired) electrons. The summed E-state index contributed by atoms with van der Waals surface area (Å²) in [6, 6.07) is 17.7. The fourth-order valence-electron chi connectivity index (χ4n) is 2.26. The summed E-state index contributed by atoms with van der Waals surface area (Å²) >= 11 is 5.95. The van der Waals surface area contributed by atoms with Crippen molar-refractivity contribution >= 4 is 27.3 Å². The molecule has 3 aromatic rings. The van der Waals surface area contributed by atoms with Gasteiger partial charge in [0, 0.05) is 0 Å². The van der Waals surface area contributed by atoms with Crippen LogP contribution in [0.2, 0.25) is 5.02 Å². The quantitative estimate of drug-likeness (QED) is 0.655. The SMILES string of the molecule is N#Cc1c(Cl)cccc1Oc1ccc(S(=O)(=O)Nc2ccccc2F)cc1. The van der Waals surface area contributed by atoms with Gasteiger partial charge in [0.25, 0.3) is 10.0 Å². The molecule has 0 bridgehead atoms. The Bertz CT molecular complexity index is 1130. The largest absolute Gasteiger partial charge is 0.456 e. The van der Waals surface area contributed by atoms with Crippen molar-refractivity contribution in [3.05, 3.63) is 83.1 Å². The second kappa shape index (κ2) is 7.66. The third-order valence-electron chi connectivity index (χ3n) is 3.57. The van der Waals surface area contributed by atoms with E-state index in [-0.39, 0.29) is 26.9 Å². The number of rotatable bonds is 5. The van der Waals surface area contributed by atoms with Crippen molar-refractivity contribution in [2.45, 2.75) is 4.90 Å². The Balaban J connectivity index is 1.82. The molecule has 0 spiro atoms. The summed E-state index contributed by atoms with van der Waals surface area (Å²) in [7, 11) is -3.96. The standard InChI is InChI=1S/C19H12ClFN2O3S/c20-16-4-3-7-19(15(16)12-22)26-13-8-10-14(11-9-13)27(24,25)23-18-6-2-1-5-17(18)21/h1-11,23H. The fourth-order valence-corrected chi connectivity index (χ4v) is 3.53. The Morgan fingerprint density at radius 1 is 1.00 bits per heavy atom. The van der Waals surface area contributed by atoms with E-state index in [9.17, 15) is 12.8 Å². The van der Waals surface area contributed by atoms with Crippen LogP contribution in [0, 0.1) is 17.1 Å². The van der Waals surface area contributed by atoms with E-state index in [1.165, 1.54) is 42.5 Å². The monoisotopic (exact) mass is 402 g/mol. The first-order chi connectivity index (χ1) is 12.9. The molecule has 0 aliphatic carbocycles. The number of nitrogens with one attached hydrogen (secondary N) is 1. The Hall–Kier alpha value is -3.08. The van der Waals surface area contributed by atoms with Crippen molar-refractivity contribution in [3.8, 4) is 17.6 Å². The van der Waals surface area contributed by atoms with Gasteiger partial charge in [-0.15, -0.1) is 0 Å². The van der Waals surface area contributed by atoms with Crippen LogP contribution in [0.5, 0.6) is 11.5 Å². The van der Waals surface area contributed by atoms with Crippen LogP contribution >= 0.6 is 11.6 Å². The number of sulfonamides is 1. The molecule has 3 rings (SSSR count). The predicted molar refractivity (Wildman–Crippen MR) is 99.9 cm³/mol. The topological polar surface area (TPSA) is 79.2 Å². The molecule has 5 nitrogen and oxygen atoms in total. The molecule has 0 saturated heterocycles. The maximum Gasteiger partial charge on any atom is 0.261 e. The lowest BCUT2D eigenvalue weighted by Crippen LogP contribution is -2.13. The number of para-hydroxylation sites is 1. The van der Waals surface area contributed by atoms with Crippen molar-refractivity contribution in [3.63, 3.8) is 0 Å². The van der Waals surface area contributed by atoms with Gasteiger partial charge < -0.3 is 4.74 Å². The molecule has 136 valence electrons. The van der Waals surface area contributed by atoms with Gasteiger partial charge in [0.2, 0.25) is 0 Å². The third-order valence-corrected chi connectivity index (χ3v) is 5.26. The molecule has 0 unspecified atom stereocenters. The Morgan fingerprint density at radius 3 is 2.37 bits per heavy atom. The van der Waals surface area contributed by atoms with Gasteiger partial charge in [0.1, 0.15) is 28.9 Å². The Kier molecular flexibility index (Phi) is 5.31. The van der Waals surface area contributed by atoms with Crippen LogP contribution in [0.3, 0.4) is 0 Å². The van der Waals surface area contributed by atoms with Crippen LogP contribution in [0.1, 0.15) is 5.56 Å². The van der Waals surface area contributed by atoms with Crippen molar-refractivity contribution in [2.75, 3.05) is 4.72 Å². The highest BCUT2D eigenvalue weighted by atomic mass is 35.5. The van der Waals surface area contributed by atoms with E-state index in [1.54, 1.807) is 18.2 Å². The molecule has 0 aromatic heterocycles. The normalized spacial score (nSPS) is 10.9. The highest BCUT2D eigenvalue weighted by molar-refractivity contribution is 7.92. The first kappa shape index (κ1) is 18.7. The second-order valence-corrected chi connectivity index (χ2v) is 7.47. The molecule has 0 heterocycles. The summed E-state index contributed by atoms with van der Waals surface area (Å²) < 4.78 is 46.2. The lowest BCUT2D eigenvalue weighted by molar-refractivity contribution is 0.480. The molecular formula is C19H12ClFN2O3S. The van der Waals surface area contributed by atoms with Gasteiger partial charge in [-0.25, -0.2) is 12.8 Å². The minimum Gasteiger partial charge on any atom is -0.456 e. The molecule has 27 heavy (non-hydrogen) atoms. The lowest BCUT2D eigenvalue weighted by Gasteiger charge is -2.11. The van der Waals surface area contributed by atoms with E-state index in [2.05, 4.69) is 4.72 Å². The summed E-state index contributed by atoms with van der Waals surface area (Å²) in [5, 5.41) is 9.41. The maximum absolute atomic E-state index is 13.7. The summed E-state index contributed by atoms with van der Waals surface area (Å²) in [6.45, 7) is 0. The zero-order valence-corrected chi connectivity index (χ0v) is 15.3. The zero-order valence-electron chi connectivity index (χ0n) is 13.7. The number of anilines is 1. The minimum atomic E-state index is -3.96. The van der Waals surface area contributed by atoms with Crippen molar-refractivity contribution < 1.29 is 17.5 Å². The molecule has 3 aromatic carbocycles. The summed E-state index contributed by atoms with van der Waals surface area (Å²) in [4.78, 5) is -0.0651. The second-order valence-electron chi connectivity index (χ2n) is 5.38. The van der Waals surface area contributed by atoms with Gasteiger partial charge in [-0.2, -0.15) is 5.26 Å². The van der Waals surface area contributed by atoms with Crippen LogP contribution in [-0.2, 0) is 10.0 Å². The van der Waals surface area contributed by atoms with Crippen molar-refractivity contribution in [2.24, 2.45) is 0 Å². The van der Waals surface area contributed by atoms with E-state index in [1.807, 2.05) is 6.07 Å². The Labute approximate surface area is 160 Å². The molecule has 0 amide bonds. The van der Waals surface area contributed by atoms with Gasteiger partial charge in [-0.1, -0.05) is 29.8 Å². The third kappa shape index (κ3) is 4.19. The van der Waals surface area contributed by atoms with Gasteiger partial charge in [0.05, 0.1) is 15.6 Å². The van der Waals surface area contributed by atoms with E-state index >= 15 is 0 Å². The fraction of sp³-hybridized carbons (Fsp3) is 0. The van der Waals surface area contributed by atoms with Crippen LogP contribution in [0.25, 0.3) is 0 Å². The molecule has 0 saturated carbocycles. The van der Waals surface area contributed by atoms with Gasteiger partial charge in [-0.3, -0.25) is 4.72 Å². The number of hydrogen-bond acceptors (Lipinski definition) is 4. The van der Waals surface area contributed by atoms with Gasteiger partial charge >= 0.3 is 0 Å². The van der Waals surface area contributed by atoms with E-state index in [0.29, 0.717) is 5.75 Å². The Morgan fingerprint density at radius 2 is 1.70 bits per heavy atom. The number of nitriles is 1. The molecular weight excluding hydrogens is 391 g/mol. The highest BCUT2D eigenvalue weighted by Gasteiger charge is 2.16. The lowest BCUT2D eigenvalue weighted by atomic mass is 10.2. The summed E-state index contributed by atoms with van der Waals surface area (Å²) in [5.41, 5.74) is 0.0347. The van der Waals surface area contributed by atoms with E-state index in [4.69, 9.17) is 21.6 Å². The van der Waals surface area contributed by atoms with Crippen LogP contribution in [0.15, 0.2) is 71.6 Å². The maximum atomic E-state index is 13.7. The number of halogens is 2. The average molecular weight is 403 g/mol. The molecule has 1 N–H and O–H groups in total. The van der Waals surface area contributed by atoms with Gasteiger partial charge in [-0.05, 0) is 48.5 Å². The molecule has 0 aliphatic rings. The summed E-state index contributed by atoms with van der Waals surface area (Å²) in [5.74, 6) is -0.102. The molecule has 0 aliphatic heterocycles. The minimum absolute atomic E-state index is 0.0651. The first-order valence-electron chi connectivity index (χ1n) is 7.64. The van der Waals surface area contributed by atoms with Crippen molar-refractivity contribution in [1.82, 2.24) is 0 Å². The summed E-state index contributed by atoms with van der Waals surface area (Å²) in [6.07, 6.45) is 0. The van der Waals surface area contributed by atoms with Crippen LogP contribution in [-0.4, -0.2) is 8.42 Å². The smallest absolute Gasteiger partial charge is 0.261 e. The molecule has 0 fully saturated rings. The number of hydrogen-bond donors (Lipinski definition) is 1. The van der Waals surface area contributed by atoms with Crippen LogP contribution < -0.4 is 9.46 Å². The highest BCUT2D eigenvalue weighted by Crippen LogP contribution is 2.30. The van der Waals surface area contributed by atoms with Crippen LogP contribution in [0.4, 0.5) is 10.1 Å². The average Bonchev–Trinajstić information content (AvgIpc) is 2.64. The number of ether oxygens (including phenoxy) is 1. The first-order valence-corrected chi connectivity index (χ1v) is 9.51. The zero-order chi connectivity index (χ0) is 19.4. The van der Waals surface area contributed by atoms with E-state index < -0.39 is 15.8 Å². The van der Waals surface area contributed by atoms with Gasteiger partial charge in [0.15, 0.2) is 0 Å².